The zero-order valence-corrected chi connectivity index (χ0v) is 15.3. The van der Waals surface area contributed by atoms with Crippen LogP contribution >= 0.6 is 22.9 Å². The lowest BCUT2D eigenvalue weighted by molar-refractivity contribution is 0.581. The first-order valence-corrected chi connectivity index (χ1v) is 9.90. The van der Waals surface area contributed by atoms with Gasteiger partial charge in [0.15, 0.2) is 0 Å². The Bertz CT molecular complexity index is 936. The second-order valence-corrected chi connectivity index (χ2v) is 8.46. The quantitative estimate of drug-likeness (QED) is 0.722. The molecular formula is C17H15ClN2O2S2. The fraction of sp³-hybridized carbons (Fsp3) is 0.118. The van der Waals surface area contributed by atoms with Crippen LogP contribution < -0.4 is 4.72 Å². The number of hydrogen-bond donors (Lipinski definition) is 1. The first-order chi connectivity index (χ1) is 11.5. The minimum Gasteiger partial charge on any atom is -0.241 e. The Kier molecular flexibility index (Phi) is 5.01. The lowest BCUT2D eigenvalue weighted by Crippen LogP contribution is -2.23. The topological polar surface area (TPSA) is 59.1 Å². The molecule has 0 aliphatic heterocycles. The van der Waals surface area contributed by atoms with Gasteiger partial charge in [0.1, 0.15) is 5.01 Å². The average molecular weight is 379 g/mol. The first kappa shape index (κ1) is 17.1. The normalized spacial score (nSPS) is 11.6. The molecule has 2 aromatic carbocycles. The minimum atomic E-state index is -3.52. The fourth-order valence-electron chi connectivity index (χ4n) is 2.15. The molecule has 24 heavy (non-hydrogen) atoms. The summed E-state index contributed by atoms with van der Waals surface area (Å²) in [6.07, 6.45) is 0. The van der Waals surface area contributed by atoms with Crippen LogP contribution in [-0.2, 0) is 16.6 Å². The molecule has 4 nitrogen and oxygen atoms in total. The molecule has 0 amide bonds. The third-order valence-electron chi connectivity index (χ3n) is 3.46. The van der Waals surface area contributed by atoms with Gasteiger partial charge in [-0.3, -0.25) is 0 Å². The van der Waals surface area contributed by atoms with Crippen molar-refractivity contribution in [3.05, 3.63) is 70.2 Å². The largest absolute Gasteiger partial charge is 0.241 e. The third kappa shape index (κ3) is 3.84. The molecule has 0 atom stereocenters. The highest BCUT2D eigenvalue weighted by molar-refractivity contribution is 7.89. The van der Waals surface area contributed by atoms with Crippen LogP contribution in [0, 0.1) is 6.92 Å². The predicted octanol–water partition coefficient (Wildman–Crippen LogP) is 4.25. The second-order valence-electron chi connectivity index (χ2n) is 5.17. The Morgan fingerprint density at radius 2 is 1.75 bits per heavy atom. The summed E-state index contributed by atoms with van der Waals surface area (Å²) in [6, 6.07) is 15.7. The van der Waals surface area contributed by atoms with E-state index in [1.807, 2.05) is 31.2 Å². The van der Waals surface area contributed by atoms with Gasteiger partial charge in [0.05, 0.1) is 10.6 Å². The van der Waals surface area contributed by atoms with Crippen LogP contribution in [0.2, 0.25) is 5.02 Å². The van der Waals surface area contributed by atoms with Gasteiger partial charge in [-0.05, 0) is 31.2 Å². The molecule has 1 N–H and O–H groups in total. The van der Waals surface area contributed by atoms with Gasteiger partial charge >= 0.3 is 0 Å². The molecule has 0 spiro atoms. The van der Waals surface area contributed by atoms with E-state index in [-0.39, 0.29) is 11.4 Å². The van der Waals surface area contributed by atoms with E-state index in [0.29, 0.717) is 5.02 Å². The number of aromatic nitrogens is 1. The number of nitrogens with zero attached hydrogens (tertiary/aromatic N) is 1. The summed E-state index contributed by atoms with van der Waals surface area (Å²) in [6.45, 7) is 2.09. The van der Waals surface area contributed by atoms with Gasteiger partial charge in [-0.25, -0.2) is 18.1 Å². The molecule has 0 saturated carbocycles. The molecule has 0 aliphatic carbocycles. The molecule has 0 radical (unpaired) electrons. The highest BCUT2D eigenvalue weighted by Gasteiger charge is 2.16. The number of nitrogens with one attached hydrogen (secondary N) is 1. The Labute approximate surface area is 150 Å². The van der Waals surface area contributed by atoms with E-state index in [1.54, 1.807) is 30.3 Å². The van der Waals surface area contributed by atoms with Crippen molar-refractivity contribution in [1.29, 1.82) is 0 Å². The van der Waals surface area contributed by atoms with Crippen LogP contribution in [0.15, 0.2) is 59.5 Å². The number of aryl methyl sites for hydroxylation is 1. The number of sulfonamides is 1. The number of thiazole rings is 1. The van der Waals surface area contributed by atoms with Gasteiger partial charge < -0.3 is 0 Å². The highest BCUT2D eigenvalue weighted by Crippen LogP contribution is 2.29. The summed E-state index contributed by atoms with van der Waals surface area (Å²) in [5.41, 5.74) is 1.78. The van der Waals surface area contributed by atoms with Crippen molar-refractivity contribution >= 4 is 33.0 Å². The zero-order chi connectivity index (χ0) is 17.2. The summed E-state index contributed by atoms with van der Waals surface area (Å²) in [5.74, 6) is 0. The molecule has 3 aromatic rings. The lowest BCUT2D eigenvalue weighted by Gasteiger charge is -2.05. The van der Waals surface area contributed by atoms with E-state index >= 15 is 0 Å². The van der Waals surface area contributed by atoms with E-state index < -0.39 is 10.0 Å². The first-order valence-electron chi connectivity index (χ1n) is 7.23. The molecule has 0 saturated heterocycles. The molecule has 3 rings (SSSR count). The molecule has 0 aliphatic rings. The molecule has 0 bridgehead atoms. The van der Waals surface area contributed by atoms with Gasteiger partial charge in [0.2, 0.25) is 10.0 Å². The van der Waals surface area contributed by atoms with E-state index in [2.05, 4.69) is 9.71 Å². The Morgan fingerprint density at radius 3 is 2.42 bits per heavy atom. The maximum absolute atomic E-state index is 12.3. The fourth-order valence-corrected chi connectivity index (χ4v) is 4.39. The van der Waals surface area contributed by atoms with Crippen LogP contribution in [0.4, 0.5) is 0 Å². The molecule has 0 unspecified atom stereocenters. The van der Waals surface area contributed by atoms with Crippen molar-refractivity contribution < 1.29 is 8.42 Å². The lowest BCUT2D eigenvalue weighted by atomic mass is 10.2. The van der Waals surface area contributed by atoms with Gasteiger partial charge in [0, 0.05) is 22.0 Å². The summed E-state index contributed by atoms with van der Waals surface area (Å²) >= 11 is 7.37. The van der Waals surface area contributed by atoms with Crippen LogP contribution in [0.1, 0.15) is 10.6 Å². The molecule has 1 heterocycles. The van der Waals surface area contributed by atoms with E-state index in [4.69, 9.17) is 11.6 Å². The zero-order valence-electron chi connectivity index (χ0n) is 12.9. The van der Waals surface area contributed by atoms with Crippen LogP contribution in [0.3, 0.4) is 0 Å². The molecule has 0 fully saturated rings. The number of hydrogen-bond acceptors (Lipinski definition) is 4. The number of halogens is 1. The Morgan fingerprint density at radius 1 is 1.08 bits per heavy atom. The molecular weight excluding hydrogens is 364 g/mol. The number of rotatable bonds is 5. The van der Waals surface area contributed by atoms with E-state index in [1.165, 1.54) is 11.3 Å². The minimum absolute atomic E-state index is 0.217. The van der Waals surface area contributed by atoms with Crippen LogP contribution in [0.5, 0.6) is 0 Å². The molecule has 124 valence electrons. The smallest absolute Gasteiger partial charge is 0.240 e. The van der Waals surface area contributed by atoms with Gasteiger partial charge in [-0.2, -0.15) is 0 Å². The van der Waals surface area contributed by atoms with E-state index in [9.17, 15) is 8.42 Å². The van der Waals surface area contributed by atoms with Crippen molar-refractivity contribution in [3.8, 4) is 10.6 Å². The van der Waals surface area contributed by atoms with Gasteiger partial charge in [-0.15, -0.1) is 11.3 Å². The van der Waals surface area contributed by atoms with E-state index in [0.717, 1.165) is 21.1 Å². The number of benzene rings is 2. The van der Waals surface area contributed by atoms with Gasteiger partial charge in [0.25, 0.3) is 0 Å². The van der Waals surface area contributed by atoms with Crippen molar-refractivity contribution in [3.63, 3.8) is 0 Å². The summed E-state index contributed by atoms with van der Waals surface area (Å²) in [4.78, 5) is 5.67. The molecule has 7 heteroatoms. The third-order valence-corrected chi connectivity index (χ3v) is 6.34. The van der Waals surface area contributed by atoms with Crippen molar-refractivity contribution in [2.75, 3.05) is 0 Å². The Balaban J connectivity index is 1.78. The van der Waals surface area contributed by atoms with Crippen molar-refractivity contribution in [1.82, 2.24) is 9.71 Å². The summed E-state index contributed by atoms with van der Waals surface area (Å²) < 4.78 is 27.2. The van der Waals surface area contributed by atoms with Crippen molar-refractivity contribution in [2.45, 2.75) is 18.4 Å². The maximum Gasteiger partial charge on any atom is 0.240 e. The van der Waals surface area contributed by atoms with Crippen LogP contribution in [-0.4, -0.2) is 13.4 Å². The van der Waals surface area contributed by atoms with Gasteiger partial charge in [-0.1, -0.05) is 41.9 Å². The predicted molar refractivity (Wildman–Crippen MR) is 97.8 cm³/mol. The highest BCUT2D eigenvalue weighted by atomic mass is 35.5. The summed E-state index contributed by atoms with van der Waals surface area (Å²) in [5, 5.41) is 1.51. The summed E-state index contributed by atoms with van der Waals surface area (Å²) in [7, 11) is -3.52. The Hall–Kier alpha value is -1.73. The monoisotopic (exact) mass is 378 g/mol. The SMILES string of the molecule is Cc1nc(-c2ccc(Cl)cc2)sc1CNS(=O)(=O)c1ccccc1. The maximum atomic E-state index is 12.3. The second kappa shape index (κ2) is 7.03. The molecule has 1 aromatic heterocycles. The van der Waals surface area contributed by atoms with Crippen molar-refractivity contribution in [2.24, 2.45) is 0 Å². The average Bonchev–Trinajstić information content (AvgIpc) is 2.95. The van der Waals surface area contributed by atoms with Crippen LogP contribution in [0.25, 0.3) is 10.6 Å². The standard InChI is InChI=1S/C17H15ClN2O2S2/c1-12-16(11-19-24(21,22)15-5-3-2-4-6-15)23-17(20-12)13-7-9-14(18)10-8-13/h2-10,19H,11H2,1H3.